The summed E-state index contributed by atoms with van der Waals surface area (Å²) in [6, 6.07) is 23.7. The quantitative estimate of drug-likeness (QED) is 0.174. The van der Waals surface area contributed by atoms with Crippen LogP contribution in [0.3, 0.4) is 0 Å². The Labute approximate surface area is 293 Å². The van der Waals surface area contributed by atoms with Gasteiger partial charge in [0.1, 0.15) is 0 Å². The van der Waals surface area contributed by atoms with Gasteiger partial charge in [-0.05, 0) is 122 Å². The van der Waals surface area contributed by atoms with Gasteiger partial charge in [0.05, 0.1) is 8.42 Å². The van der Waals surface area contributed by atoms with Crippen molar-refractivity contribution in [1.29, 1.82) is 0 Å². The van der Waals surface area contributed by atoms with E-state index >= 15 is 0 Å². The van der Waals surface area contributed by atoms with E-state index in [4.69, 9.17) is 0 Å². The van der Waals surface area contributed by atoms with Crippen LogP contribution in [0.2, 0.25) is 0 Å². The molecule has 2 aliphatic rings. The molecule has 0 nitrogen and oxygen atoms in total. The van der Waals surface area contributed by atoms with Crippen LogP contribution in [0, 0.1) is 0 Å². The molecule has 0 aromatic carbocycles. The van der Waals surface area contributed by atoms with E-state index < -0.39 is 0 Å². The fraction of sp³-hybridized carbons (Fsp3) is 0.333. The second kappa shape index (κ2) is 13.9. The van der Waals surface area contributed by atoms with Gasteiger partial charge in [-0.2, -0.15) is 0 Å². The van der Waals surface area contributed by atoms with Gasteiger partial charge in [0.2, 0.25) is 0 Å². The zero-order valence-corrected chi connectivity index (χ0v) is 31.1. The average molecular weight is 723 g/mol. The summed E-state index contributed by atoms with van der Waals surface area (Å²) >= 11 is 16.0. The minimum absolute atomic E-state index is 1.25. The molecule has 8 heteroatoms. The molecule has 44 heavy (non-hydrogen) atoms. The number of fused-ring (bicyclic) bond motifs is 2. The van der Waals surface area contributed by atoms with Gasteiger partial charge in [-0.15, -0.1) is 91.5 Å². The number of aryl methyl sites for hydroxylation is 2. The maximum Gasteiger partial charge on any atom is 0.0637 e. The molecule has 6 aromatic heterocycles. The van der Waals surface area contributed by atoms with E-state index in [2.05, 4.69) is 84.2 Å². The van der Waals surface area contributed by atoms with Gasteiger partial charge in [0.15, 0.2) is 0 Å². The van der Waals surface area contributed by atoms with Gasteiger partial charge >= 0.3 is 0 Å². The zero-order chi connectivity index (χ0) is 29.3. The third-order valence-corrected chi connectivity index (χ3v) is 18.8. The molecular weight excluding hydrogens is 689 g/mol. The van der Waals surface area contributed by atoms with E-state index in [1.165, 1.54) is 124 Å². The summed E-state index contributed by atoms with van der Waals surface area (Å²) in [5.41, 5.74) is 3.18. The summed E-state index contributed by atoms with van der Waals surface area (Å²) in [6.07, 6.45) is 13.4. The lowest BCUT2D eigenvalue weighted by Crippen LogP contribution is -1.82. The largest absolute Gasteiger partial charge is 0.134 e. The number of thioether (sulfide) groups is 2. The first-order valence-electron chi connectivity index (χ1n) is 15.7. The molecule has 8 heterocycles. The molecule has 6 aromatic rings. The molecule has 0 radical (unpaired) electrons. The van der Waals surface area contributed by atoms with E-state index in [0.717, 1.165) is 0 Å². The van der Waals surface area contributed by atoms with E-state index in [-0.39, 0.29) is 0 Å². The monoisotopic (exact) mass is 722 g/mol. The molecule has 226 valence electrons. The first kappa shape index (κ1) is 30.2. The van der Waals surface area contributed by atoms with Crippen LogP contribution in [-0.2, 0) is 12.8 Å². The van der Waals surface area contributed by atoms with E-state index in [1.54, 1.807) is 19.5 Å². The molecule has 0 fully saturated rings. The van der Waals surface area contributed by atoms with Gasteiger partial charge in [-0.25, -0.2) is 0 Å². The minimum Gasteiger partial charge on any atom is -0.134 e. The summed E-state index contributed by atoms with van der Waals surface area (Å²) < 4.78 is 3.13. The molecule has 0 bridgehead atoms. The Morgan fingerprint density at radius 3 is 1.00 bits per heavy atom. The van der Waals surface area contributed by atoms with Crippen LogP contribution in [0.25, 0.3) is 48.8 Å². The van der Waals surface area contributed by atoms with Crippen molar-refractivity contribution < 1.29 is 0 Å². The standard InChI is InChI=1S/C36H34S8/c1-3-7-19-37-35-23(9-5-1)21-33(43-35)31-17-15-29(41-31)27-13-11-25(39-27)26-12-14-28(40-26)30-16-18-32(42-30)34-22-24-10-6-2-4-8-20-38-36(24)44-34/h11-18,21-22H,1-10,19-20H2. The second-order valence-corrected chi connectivity index (χ2v) is 20.7. The summed E-state index contributed by atoms with van der Waals surface area (Å²) in [6.45, 7) is 0. The Morgan fingerprint density at radius 1 is 0.318 bits per heavy atom. The highest BCUT2D eigenvalue weighted by molar-refractivity contribution is 8.01. The lowest BCUT2D eigenvalue weighted by atomic mass is 10.1. The highest BCUT2D eigenvalue weighted by Gasteiger charge is 2.18. The van der Waals surface area contributed by atoms with Gasteiger partial charge < -0.3 is 0 Å². The van der Waals surface area contributed by atoms with Crippen molar-refractivity contribution in [3.63, 3.8) is 0 Å². The molecule has 0 amide bonds. The minimum atomic E-state index is 1.25. The van der Waals surface area contributed by atoms with Crippen LogP contribution in [0.4, 0.5) is 0 Å². The molecular formula is C36H34S8. The topological polar surface area (TPSA) is 0 Å². The fourth-order valence-corrected chi connectivity index (χ4v) is 15.6. The fourth-order valence-electron chi connectivity index (χ4n) is 5.94. The van der Waals surface area contributed by atoms with Crippen LogP contribution >= 0.6 is 91.5 Å². The Balaban J connectivity index is 0.978. The smallest absolute Gasteiger partial charge is 0.0637 e. The highest BCUT2D eigenvalue weighted by atomic mass is 32.2. The van der Waals surface area contributed by atoms with Crippen molar-refractivity contribution in [2.75, 3.05) is 11.5 Å². The van der Waals surface area contributed by atoms with Crippen LogP contribution in [0.15, 0.2) is 69.1 Å². The Bertz CT molecular complexity index is 1660. The number of hydrogen-bond acceptors (Lipinski definition) is 8. The lowest BCUT2D eigenvalue weighted by molar-refractivity contribution is 0.672. The van der Waals surface area contributed by atoms with Crippen molar-refractivity contribution >= 4 is 91.5 Å². The van der Waals surface area contributed by atoms with Crippen molar-refractivity contribution in [1.82, 2.24) is 0 Å². The highest BCUT2D eigenvalue weighted by Crippen LogP contribution is 2.48. The molecule has 0 saturated heterocycles. The number of rotatable bonds is 5. The summed E-state index contributed by atoms with van der Waals surface area (Å²) in [4.78, 5) is 14.0. The van der Waals surface area contributed by atoms with Crippen molar-refractivity contribution in [3.8, 4) is 48.8 Å². The molecule has 0 saturated carbocycles. The van der Waals surface area contributed by atoms with Gasteiger partial charge in [0, 0.05) is 48.8 Å². The molecule has 8 rings (SSSR count). The molecule has 0 atom stereocenters. The van der Waals surface area contributed by atoms with Crippen molar-refractivity contribution in [3.05, 3.63) is 71.8 Å². The first-order chi connectivity index (χ1) is 21.8. The number of thiophene rings is 6. The second-order valence-electron chi connectivity index (χ2n) is 11.5. The van der Waals surface area contributed by atoms with Gasteiger partial charge in [-0.3, -0.25) is 0 Å². The predicted molar refractivity (Wildman–Crippen MR) is 207 cm³/mol. The van der Waals surface area contributed by atoms with Crippen LogP contribution in [0.5, 0.6) is 0 Å². The summed E-state index contributed by atoms with van der Waals surface area (Å²) in [5.74, 6) is 2.54. The van der Waals surface area contributed by atoms with Crippen LogP contribution < -0.4 is 0 Å². The first-order valence-corrected chi connectivity index (χ1v) is 22.6. The normalized spacial score (nSPS) is 16.3. The molecule has 0 spiro atoms. The van der Waals surface area contributed by atoms with Crippen LogP contribution in [-0.4, -0.2) is 11.5 Å². The maximum absolute atomic E-state index is 2.49. The Morgan fingerprint density at radius 2 is 0.636 bits per heavy atom. The van der Waals surface area contributed by atoms with Crippen molar-refractivity contribution in [2.24, 2.45) is 0 Å². The average Bonchev–Trinajstić information content (AvgIpc) is 3.87. The third kappa shape index (κ3) is 6.66. The van der Waals surface area contributed by atoms with Gasteiger partial charge in [0.25, 0.3) is 0 Å². The third-order valence-electron chi connectivity index (χ3n) is 8.33. The number of hydrogen-bond donors (Lipinski definition) is 0. The Hall–Kier alpha value is -1.10. The zero-order valence-electron chi connectivity index (χ0n) is 24.5. The molecule has 0 N–H and O–H groups in total. The SMILES string of the molecule is c1cc(-c2ccc(-c3cc4c(s3)SCCCCCC4)s2)sc1-c1ccc(-c2ccc(-c3cc4c(s3)SCCCCCC4)s2)s1. The van der Waals surface area contributed by atoms with Crippen molar-refractivity contribution in [2.45, 2.75) is 72.6 Å². The molecule has 0 unspecified atom stereocenters. The van der Waals surface area contributed by atoms with Crippen LogP contribution in [0.1, 0.15) is 62.5 Å². The summed E-state index contributed by atoms with van der Waals surface area (Å²) in [7, 11) is 0. The maximum atomic E-state index is 2.49. The lowest BCUT2D eigenvalue weighted by Gasteiger charge is -1.98. The van der Waals surface area contributed by atoms with Gasteiger partial charge in [-0.1, -0.05) is 25.7 Å². The Kier molecular flexibility index (Phi) is 9.59. The van der Waals surface area contributed by atoms with E-state index in [0.29, 0.717) is 0 Å². The summed E-state index contributed by atoms with van der Waals surface area (Å²) in [5, 5.41) is 0. The molecule has 0 aliphatic carbocycles. The van der Waals surface area contributed by atoms with E-state index in [9.17, 15) is 0 Å². The predicted octanol–water partition coefficient (Wildman–Crippen LogP) is 14.8. The van der Waals surface area contributed by atoms with E-state index in [1.807, 2.05) is 68.0 Å². The molecule has 2 aliphatic heterocycles.